The van der Waals surface area contributed by atoms with Gasteiger partial charge >= 0.3 is 48.6 Å². The molecule has 19 heteroatoms. The molecule has 0 aromatic heterocycles. The monoisotopic (exact) mass is 438 g/mol. The predicted octanol–water partition coefficient (Wildman–Crippen LogP) is 2.76. The maximum Gasteiger partial charge on any atom is 0.460 e. The largest absolute Gasteiger partial charge is 0.475 e. The molecule has 0 aromatic rings. The number of hydrogen-bond acceptors (Lipinski definition) is 5. The summed E-state index contributed by atoms with van der Waals surface area (Å²) in [7, 11) is 0. The zero-order chi connectivity index (χ0) is 22.3. The summed E-state index contributed by atoms with van der Waals surface area (Å²) in [6, 6.07) is 0. The minimum absolute atomic E-state index is 1.54. The number of ether oxygens (including phenoxy) is 3. The fraction of sp³-hybridized carbons (Fsp3) is 0.750. The average molecular weight is 438 g/mol. The van der Waals surface area contributed by atoms with Crippen molar-refractivity contribution in [3.63, 3.8) is 0 Å². The topological polar surface area (TPSA) is 102 Å². The van der Waals surface area contributed by atoms with Gasteiger partial charge in [-0.2, -0.15) is 52.7 Å². The van der Waals surface area contributed by atoms with Crippen LogP contribution >= 0.6 is 0 Å². The maximum atomic E-state index is 12.8. The second kappa shape index (κ2) is 6.86. The van der Waals surface area contributed by atoms with Crippen LogP contribution in [-0.2, 0) is 23.8 Å². The van der Waals surface area contributed by atoms with Gasteiger partial charge in [0.15, 0.2) is 0 Å². The van der Waals surface area contributed by atoms with Crippen molar-refractivity contribution in [2.45, 2.75) is 36.7 Å². The van der Waals surface area contributed by atoms with Crippen LogP contribution in [0, 0.1) is 0 Å². The first-order valence-corrected chi connectivity index (χ1v) is 5.35. The molecule has 0 fully saturated rings. The molecule has 2 N–H and O–H groups in total. The van der Waals surface area contributed by atoms with Crippen LogP contribution in [-0.4, -0.2) is 58.8 Å². The molecule has 0 aromatic carbocycles. The van der Waals surface area contributed by atoms with E-state index in [-0.39, 0.29) is 0 Å². The third kappa shape index (κ3) is 5.48. The van der Waals surface area contributed by atoms with E-state index in [1.807, 2.05) is 0 Å². The Kier molecular flexibility index (Phi) is 6.34. The van der Waals surface area contributed by atoms with Crippen LogP contribution < -0.4 is 0 Å². The first-order chi connectivity index (χ1) is 11.5. The highest BCUT2D eigenvalue weighted by Crippen LogP contribution is 2.48. The van der Waals surface area contributed by atoms with Crippen LogP contribution in [0.5, 0.6) is 0 Å². The Morgan fingerprint density at radius 3 is 0.852 bits per heavy atom. The highest BCUT2D eigenvalue weighted by atomic mass is 19.4. The van der Waals surface area contributed by atoms with Crippen molar-refractivity contribution in [3.05, 3.63) is 0 Å². The third-order valence-corrected chi connectivity index (χ3v) is 1.94. The molecule has 160 valence electrons. The Balaban J connectivity index is 5.67. The van der Waals surface area contributed by atoms with Gasteiger partial charge in [-0.25, -0.2) is 23.8 Å². The molecule has 0 aliphatic carbocycles. The van der Waals surface area contributed by atoms with Crippen LogP contribution in [0.4, 0.5) is 52.7 Å². The fourth-order valence-corrected chi connectivity index (χ4v) is 0.808. The Morgan fingerprint density at radius 1 is 0.481 bits per heavy atom. The van der Waals surface area contributed by atoms with E-state index >= 15 is 0 Å². The molecule has 0 atom stereocenters. The summed E-state index contributed by atoms with van der Waals surface area (Å²) in [5.74, 6) is -7.31. The number of aliphatic carboxylic acids is 2. The normalized spacial score (nSPS) is 15.0. The van der Waals surface area contributed by atoms with Crippen LogP contribution in [0.3, 0.4) is 0 Å². The Labute approximate surface area is 137 Å². The molecule has 0 aliphatic heterocycles. The lowest BCUT2D eigenvalue weighted by atomic mass is 10.5. The average Bonchev–Trinajstić information content (AvgIpc) is 2.33. The van der Waals surface area contributed by atoms with Crippen molar-refractivity contribution < 1.29 is 86.7 Å². The number of halogens is 12. The van der Waals surface area contributed by atoms with Gasteiger partial charge in [0.25, 0.3) is 0 Å². The summed E-state index contributed by atoms with van der Waals surface area (Å²) in [5.41, 5.74) is 0. The molecule has 7 nitrogen and oxygen atoms in total. The van der Waals surface area contributed by atoms with Gasteiger partial charge < -0.3 is 10.2 Å². The quantitative estimate of drug-likeness (QED) is 0.506. The van der Waals surface area contributed by atoms with Gasteiger partial charge in [0, 0.05) is 0 Å². The number of alkyl halides is 12. The van der Waals surface area contributed by atoms with Crippen LogP contribution in [0.2, 0.25) is 0 Å². The first-order valence-electron chi connectivity index (χ1n) is 5.35. The molecule has 0 radical (unpaired) electrons. The highest BCUT2D eigenvalue weighted by Gasteiger charge is 2.75. The fourth-order valence-electron chi connectivity index (χ4n) is 0.808. The van der Waals surface area contributed by atoms with Crippen molar-refractivity contribution in [2.75, 3.05) is 0 Å². The number of carboxylic acids is 2. The number of rotatable bonds is 10. The summed E-state index contributed by atoms with van der Waals surface area (Å²) in [6.07, 6.45) is -40.9. The molecule has 0 amide bonds. The minimum atomic E-state index is -7.21. The van der Waals surface area contributed by atoms with Crippen LogP contribution in [0.1, 0.15) is 0 Å². The van der Waals surface area contributed by atoms with Crippen molar-refractivity contribution in [1.29, 1.82) is 0 Å². The summed E-state index contributed by atoms with van der Waals surface area (Å²) in [5, 5.41) is 15.4. The van der Waals surface area contributed by atoms with Gasteiger partial charge in [0.2, 0.25) is 0 Å². The van der Waals surface area contributed by atoms with Gasteiger partial charge in [0.1, 0.15) is 0 Å². The van der Waals surface area contributed by atoms with Crippen molar-refractivity contribution in [3.8, 4) is 0 Å². The lowest BCUT2D eigenvalue weighted by Gasteiger charge is -2.33. The third-order valence-electron chi connectivity index (χ3n) is 1.94. The van der Waals surface area contributed by atoms with Gasteiger partial charge in [-0.05, 0) is 0 Å². The molecule has 0 bridgehead atoms. The predicted molar refractivity (Wildman–Crippen MR) is 48.2 cm³/mol. The number of carboxylic acid groups (broad SMARTS) is 2. The standard InChI is InChI=1S/C8H2F12O7/c9-3(10,1(21)22)25-5(13,14)7(17,18)27-8(19,20)6(15,16)26-4(11,12)2(23)24/h(H,21,22)(H,23,24). The molecule has 27 heavy (non-hydrogen) atoms. The summed E-state index contributed by atoms with van der Waals surface area (Å²) < 4.78 is 157. The Morgan fingerprint density at radius 2 is 0.667 bits per heavy atom. The lowest BCUT2D eigenvalue weighted by Crippen LogP contribution is -2.58. The van der Waals surface area contributed by atoms with Crippen molar-refractivity contribution in [1.82, 2.24) is 0 Å². The molecule has 0 saturated carbocycles. The molecular weight excluding hydrogens is 436 g/mol. The van der Waals surface area contributed by atoms with E-state index in [4.69, 9.17) is 10.2 Å². The van der Waals surface area contributed by atoms with E-state index < -0.39 is 48.6 Å². The molecule has 0 aliphatic rings. The van der Waals surface area contributed by atoms with Crippen LogP contribution in [0.15, 0.2) is 0 Å². The number of hydrogen-bond donors (Lipinski definition) is 2. The maximum absolute atomic E-state index is 12.8. The highest BCUT2D eigenvalue weighted by molar-refractivity contribution is 5.73. The van der Waals surface area contributed by atoms with E-state index in [0.717, 1.165) is 0 Å². The minimum Gasteiger partial charge on any atom is -0.475 e. The zero-order valence-corrected chi connectivity index (χ0v) is 11.5. The molecular formula is C8H2F12O7. The zero-order valence-electron chi connectivity index (χ0n) is 11.5. The lowest BCUT2D eigenvalue weighted by molar-refractivity contribution is -0.552. The second-order valence-corrected chi connectivity index (χ2v) is 4.02. The first kappa shape index (κ1) is 25.0. The van der Waals surface area contributed by atoms with E-state index in [1.165, 1.54) is 4.74 Å². The smallest absolute Gasteiger partial charge is 0.460 e. The Bertz CT molecular complexity index is 538. The van der Waals surface area contributed by atoms with E-state index in [0.29, 0.717) is 0 Å². The van der Waals surface area contributed by atoms with Crippen LogP contribution in [0.25, 0.3) is 0 Å². The summed E-state index contributed by atoms with van der Waals surface area (Å²) >= 11 is 0. The van der Waals surface area contributed by atoms with Gasteiger partial charge in [-0.1, -0.05) is 0 Å². The molecule has 0 unspecified atom stereocenters. The molecule has 0 spiro atoms. The molecule has 0 saturated heterocycles. The van der Waals surface area contributed by atoms with Gasteiger partial charge in [-0.15, -0.1) is 0 Å². The number of carbonyl (C=O) groups is 2. The molecule has 0 rings (SSSR count). The summed E-state index contributed by atoms with van der Waals surface area (Å²) in [6.45, 7) is 0. The van der Waals surface area contributed by atoms with Gasteiger partial charge in [-0.3, -0.25) is 0 Å². The van der Waals surface area contributed by atoms with Crippen molar-refractivity contribution in [2.24, 2.45) is 0 Å². The Hall–Kier alpha value is -2.02. The SMILES string of the molecule is O=C(O)C(F)(F)OC(F)(F)C(F)(F)OC(F)(F)C(F)(F)OC(F)(F)C(=O)O. The second-order valence-electron chi connectivity index (χ2n) is 4.02. The van der Waals surface area contributed by atoms with E-state index in [2.05, 4.69) is 0 Å². The van der Waals surface area contributed by atoms with Crippen molar-refractivity contribution >= 4 is 11.9 Å². The summed E-state index contributed by atoms with van der Waals surface area (Å²) in [4.78, 5) is 19.5. The van der Waals surface area contributed by atoms with E-state index in [9.17, 15) is 62.3 Å². The van der Waals surface area contributed by atoms with Gasteiger partial charge in [0.05, 0.1) is 0 Å². The molecule has 0 heterocycles. The van der Waals surface area contributed by atoms with E-state index in [1.54, 1.807) is 9.47 Å².